The van der Waals surface area contributed by atoms with Gasteiger partial charge in [0.25, 0.3) is 5.91 Å². The lowest BCUT2D eigenvalue weighted by atomic mass is 10.1. The van der Waals surface area contributed by atoms with Crippen LogP contribution in [0, 0.1) is 0 Å². The number of benzene rings is 1. The van der Waals surface area contributed by atoms with Crippen molar-refractivity contribution in [2.45, 2.75) is 6.92 Å². The molecule has 0 bridgehead atoms. The summed E-state index contributed by atoms with van der Waals surface area (Å²) in [4.78, 5) is 11.7. The summed E-state index contributed by atoms with van der Waals surface area (Å²) in [5.74, 6) is -0.0806. The van der Waals surface area contributed by atoms with Gasteiger partial charge in [-0.1, -0.05) is 24.3 Å². The summed E-state index contributed by atoms with van der Waals surface area (Å²) in [5.41, 5.74) is 2.42. The maximum absolute atomic E-state index is 11.7. The van der Waals surface area contributed by atoms with E-state index in [1.807, 2.05) is 25.1 Å². The fourth-order valence-electron chi connectivity index (χ4n) is 1.23. The van der Waals surface area contributed by atoms with Gasteiger partial charge in [0.1, 0.15) is 0 Å². The lowest BCUT2D eigenvalue weighted by Gasteiger charge is -2.09. The second-order valence-electron chi connectivity index (χ2n) is 3.44. The SMILES string of the molecule is C=C(C)CNC(=O)c1ccccc1NC. The van der Waals surface area contributed by atoms with Gasteiger partial charge in [0, 0.05) is 19.3 Å². The Morgan fingerprint density at radius 2 is 2.07 bits per heavy atom. The van der Waals surface area contributed by atoms with Crippen molar-refractivity contribution in [3.8, 4) is 0 Å². The molecule has 0 aliphatic rings. The third kappa shape index (κ3) is 3.13. The van der Waals surface area contributed by atoms with E-state index in [2.05, 4.69) is 17.2 Å². The molecule has 0 aliphatic heterocycles. The lowest BCUT2D eigenvalue weighted by Crippen LogP contribution is -2.25. The second kappa shape index (κ2) is 5.20. The molecule has 0 saturated heterocycles. The lowest BCUT2D eigenvalue weighted by molar-refractivity contribution is 0.0958. The van der Waals surface area contributed by atoms with E-state index in [9.17, 15) is 4.79 Å². The Hall–Kier alpha value is -1.77. The second-order valence-corrected chi connectivity index (χ2v) is 3.44. The highest BCUT2D eigenvalue weighted by molar-refractivity contribution is 5.99. The van der Waals surface area contributed by atoms with Gasteiger partial charge in [-0.15, -0.1) is 0 Å². The first kappa shape index (κ1) is 11.3. The zero-order valence-corrected chi connectivity index (χ0v) is 9.13. The zero-order chi connectivity index (χ0) is 11.3. The van der Waals surface area contributed by atoms with Crippen molar-refractivity contribution in [3.05, 3.63) is 42.0 Å². The van der Waals surface area contributed by atoms with Gasteiger partial charge >= 0.3 is 0 Å². The van der Waals surface area contributed by atoms with E-state index in [4.69, 9.17) is 0 Å². The van der Waals surface area contributed by atoms with Crippen molar-refractivity contribution in [3.63, 3.8) is 0 Å². The highest BCUT2D eigenvalue weighted by atomic mass is 16.1. The Morgan fingerprint density at radius 3 is 2.67 bits per heavy atom. The van der Waals surface area contributed by atoms with Crippen LogP contribution in [0.25, 0.3) is 0 Å². The number of rotatable bonds is 4. The smallest absolute Gasteiger partial charge is 0.253 e. The van der Waals surface area contributed by atoms with E-state index < -0.39 is 0 Å². The number of nitrogens with one attached hydrogen (secondary N) is 2. The molecule has 0 spiro atoms. The maximum Gasteiger partial charge on any atom is 0.253 e. The van der Waals surface area contributed by atoms with E-state index in [1.165, 1.54) is 0 Å². The largest absolute Gasteiger partial charge is 0.387 e. The van der Waals surface area contributed by atoms with Gasteiger partial charge in [0.15, 0.2) is 0 Å². The van der Waals surface area contributed by atoms with Crippen LogP contribution in [0.1, 0.15) is 17.3 Å². The van der Waals surface area contributed by atoms with Crippen molar-refractivity contribution < 1.29 is 4.79 Å². The predicted octanol–water partition coefficient (Wildman–Crippen LogP) is 2.03. The van der Waals surface area contributed by atoms with Crippen molar-refractivity contribution in [2.24, 2.45) is 0 Å². The van der Waals surface area contributed by atoms with Crippen LogP contribution in [0.5, 0.6) is 0 Å². The Balaban J connectivity index is 2.77. The van der Waals surface area contributed by atoms with Gasteiger partial charge in [-0.3, -0.25) is 4.79 Å². The minimum absolute atomic E-state index is 0.0806. The first-order valence-electron chi connectivity index (χ1n) is 4.84. The molecule has 3 nitrogen and oxygen atoms in total. The Bertz CT molecular complexity index is 372. The average Bonchev–Trinajstić information content (AvgIpc) is 2.25. The molecule has 0 saturated carbocycles. The fourth-order valence-corrected chi connectivity index (χ4v) is 1.23. The van der Waals surface area contributed by atoms with Gasteiger partial charge in [-0.25, -0.2) is 0 Å². The predicted molar refractivity (Wildman–Crippen MR) is 63.1 cm³/mol. The third-order valence-electron chi connectivity index (χ3n) is 1.99. The number of para-hydroxylation sites is 1. The normalized spacial score (nSPS) is 9.47. The highest BCUT2D eigenvalue weighted by Gasteiger charge is 2.08. The molecular weight excluding hydrogens is 188 g/mol. The molecule has 80 valence electrons. The summed E-state index contributed by atoms with van der Waals surface area (Å²) in [6, 6.07) is 7.40. The van der Waals surface area contributed by atoms with Crippen LogP contribution in [0.3, 0.4) is 0 Å². The summed E-state index contributed by atoms with van der Waals surface area (Å²) in [7, 11) is 1.80. The van der Waals surface area contributed by atoms with Crippen LogP contribution in [0.4, 0.5) is 5.69 Å². The van der Waals surface area contributed by atoms with Crippen molar-refractivity contribution in [2.75, 3.05) is 18.9 Å². The molecule has 0 radical (unpaired) electrons. The van der Waals surface area contributed by atoms with Crippen LogP contribution in [-0.4, -0.2) is 19.5 Å². The van der Waals surface area contributed by atoms with E-state index in [0.29, 0.717) is 12.1 Å². The van der Waals surface area contributed by atoms with E-state index in [-0.39, 0.29) is 5.91 Å². The number of carbonyl (C=O) groups excluding carboxylic acids is 1. The van der Waals surface area contributed by atoms with Crippen LogP contribution in [0.15, 0.2) is 36.4 Å². The van der Waals surface area contributed by atoms with Gasteiger partial charge in [-0.05, 0) is 19.1 Å². The van der Waals surface area contributed by atoms with Crippen LogP contribution < -0.4 is 10.6 Å². The molecule has 15 heavy (non-hydrogen) atoms. The Labute approximate surface area is 90.2 Å². The molecule has 0 aliphatic carbocycles. The summed E-state index contributed by atoms with van der Waals surface area (Å²) >= 11 is 0. The molecule has 0 heterocycles. The van der Waals surface area contributed by atoms with Crippen LogP contribution in [0.2, 0.25) is 0 Å². The minimum atomic E-state index is -0.0806. The molecule has 1 aromatic carbocycles. The summed E-state index contributed by atoms with van der Waals surface area (Å²) in [6.45, 7) is 6.12. The Morgan fingerprint density at radius 1 is 1.40 bits per heavy atom. The molecule has 0 unspecified atom stereocenters. The summed E-state index contributed by atoms with van der Waals surface area (Å²) in [5, 5.41) is 5.78. The summed E-state index contributed by atoms with van der Waals surface area (Å²) in [6.07, 6.45) is 0. The number of anilines is 1. The number of amides is 1. The molecular formula is C12H16N2O. The van der Waals surface area contributed by atoms with Gasteiger partial charge < -0.3 is 10.6 Å². The third-order valence-corrected chi connectivity index (χ3v) is 1.99. The number of hydrogen-bond donors (Lipinski definition) is 2. The first-order chi connectivity index (χ1) is 7.15. The molecule has 0 fully saturated rings. The molecule has 2 N–H and O–H groups in total. The summed E-state index contributed by atoms with van der Waals surface area (Å²) < 4.78 is 0. The van der Waals surface area contributed by atoms with Crippen molar-refractivity contribution in [1.82, 2.24) is 5.32 Å². The topological polar surface area (TPSA) is 41.1 Å². The molecule has 1 amide bonds. The molecule has 1 rings (SSSR count). The van der Waals surface area contributed by atoms with E-state index in [1.54, 1.807) is 13.1 Å². The Kier molecular flexibility index (Phi) is 3.92. The highest BCUT2D eigenvalue weighted by Crippen LogP contribution is 2.13. The standard InChI is InChI=1S/C12H16N2O/c1-9(2)8-14-12(15)10-6-4-5-7-11(10)13-3/h4-7,13H,1,8H2,2-3H3,(H,14,15). The van der Waals surface area contributed by atoms with Gasteiger partial charge in [0.2, 0.25) is 0 Å². The van der Waals surface area contributed by atoms with Gasteiger partial charge in [0.05, 0.1) is 5.56 Å². The fraction of sp³-hybridized carbons (Fsp3) is 0.250. The first-order valence-corrected chi connectivity index (χ1v) is 4.84. The number of hydrogen-bond acceptors (Lipinski definition) is 2. The quantitative estimate of drug-likeness (QED) is 0.737. The van der Waals surface area contributed by atoms with Crippen LogP contribution >= 0.6 is 0 Å². The maximum atomic E-state index is 11.7. The van der Waals surface area contributed by atoms with Crippen molar-refractivity contribution in [1.29, 1.82) is 0 Å². The molecule has 0 aromatic heterocycles. The minimum Gasteiger partial charge on any atom is -0.387 e. The average molecular weight is 204 g/mol. The monoisotopic (exact) mass is 204 g/mol. The van der Waals surface area contributed by atoms with Crippen molar-refractivity contribution >= 4 is 11.6 Å². The van der Waals surface area contributed by atoms with E-state index in [0.717, 1.165) is 11.3 Å². The van der Waals surface area contributed by atoms with E-state index >= 15 is 0 Å². The van der Waals surface area contributed by atoms with Crippen LogP contribution in [-0.2, 0) is 0 Å². The number of carbonyl (C=O) groups is 1. The molecule has 3 heteroatoms. The van der Waals surface area contributed by atoms with Gasteiger partial charge in [-0.2, -0.15) is 0 Å². The zero-order valence-electron chi connectivity index (χ0n) is 9.13. The molecule has 0 atom stereocenters. The molecule has 1 aromatic rings.